The summed E-state index contributed by atoms with van der Waals surface area (Å²) in [7, 11) is 3.14. The number of alkyl halides is 3. The molecule has 0 unspecified atom stereocenters. The van der Waals surface area contributed by atoms with Crippen molar-refractivity contribution >= 4 is 11.8 Å². The number of ether oxygens (including phenoxy) is 2. The minimum atomic E-state index is -4.43. The molecule has 0 aliphatic rings. The monoisotopic (exact) mass is 471 g/mol. The molecule has 0 aliphatic carbocycles. The maximum atomic E-state index is 13.4. The van der Waals surface area contributed by atoms with E-state index in [4.69, 9.17) is 9.47 Å². The molecule has 0 atom stereocenters. The topological polar surface area (TPSA) is 49.2 Å². The fourth-order valence-corrected chi connectivity index (χ4v) is 4.35. The van der Waals surface area contributed by atoms with Crippen molar-refractivity contribution in [2.45, 2.75) is 17.1 Å². The Bertz CT molecular complexity index is 1240. The lowest BCUT2D eigenvalue weighted by Gasteiger charge is -2.14. The number of thioether (sulfide) groups is 1. The zero-order valence-corrected chi connectivity index (χ0v) is 18.7. The first kappa shape index (κ1) is 22.7. The Morgan fingerprint density at radius 2 is 1.55 bits per heavy atom. The zero-order valence-electron chi connectivity index (χ0n) is 17.8. The largest absolute Gasteiger partial charge is 0.497 e. The van der Waals surface area contributed by atoms with E-state index in [-0.39, 0.29) is 11.3 Å². The van der Waals surface area contributed by atoms with Crippen LogP contribution in [0.4, 0.5) is 13.2 Å². The average Bonchev–Trinajstić information content (AvgIpc) is 3.26. The van der Waals surface area contributed by atoms with Gasteiger partial charge in [-0.05, 0) is 48.0 Å². The smallest absolute Gasteiger partial charge is 0.416 e. The van der Waals surface area contributed by atoms with Gasteiger partial charge in [-0.1, -0.05) is 42.1 Å². The van der Waals surface area contributed by atoms with Crippen LogP contribution in [0.1, 0.15) is 11.1 Å². The van der Waals surface area contributed by atoms with Gasteiger partial charge in [-0.2, -0.15) is 13.2 Å². The molecular weight excluding hydrogens is 451 g/mol. The molecule has 0 radical (unpaired) electrons. The molecular formula is C24H20F3N3O2S. The summed E-state index contributed by atoms with van der Waals surface area (Å²) in [5.74, 6) is 1.89. The second-order valence-electron chi connectivity index (χ2n) is 6.98. The molecule has 1 heterocycles. The van der Waals surface area contributed by atoms with Gasteiger partial charge in [-0.15, -0.1) is 10.2 Å². The van der Waals surface area contributed by atoms with E-state index in [0.717, 1.165) is 11.8 Å². The summed E-state index contributed by atoms with van der Waals surface area (Å²) in [6, 6.07) is 20.2. The average molecular weight is 472 g/mol. The molecule has 170 valence electrons. The molecule has 4 aromatic rings. The summed E-state index contributed by atoms with van der Waals surface area (Å²) >= 11 is 1.18. The number of halogens is 3. The molecule has 0 amide bonds. The third-order valence-electron chi connectivity index (χ3n) is 4.99. The molecule has 1 aromatic heterocycles. The molecule has 3 aromatic carbocycles. The number of methoxy groups -OCH3 is 2. The molecule has 0 fully saturated rings. The van der Waals surface area contributed by atoms with Crippen molar-refractivity contribution in [2.75, 3.05) is 14.2 Å². The predicted molar refractivity (Wildman–Crippen MR) is 121 cm³/mol. The molecule has 0 spiro atoms. The zero-order chi connectivity index (χ0) is 23.4. The van der Waals surface area contributed by atoms with E-state index in [9.17, 15) is 13.2 Å². The second kappa shape index (κ2) is 9.58. The second-order valence-corrected chi connectivity index (χ2v) is 7.93. The van der Waals surface area contributed by atoms with Crippen LogP contribution in [0.5, 0.6) is 11.5 Å². The third-order valence-corrected chi connectivity index (χ3v) is 5.97. The molecule has 0 bridgehead atoms. The summed E-state index contributed by atoms with van der Waals surface area (Å²) in [6.07, 6.45) is -4.43. The highest BCUT2D eigenvalue weighted by molar-refractivity contribution is 7.98. The van der Waals surface area contributed by atoms with Gasteiger partial charge in [-0.25, -0.2) is 0 Å². The third kappa shape index (κ3) is 4.83. The number of benzene rings is 3. The van der Waals surface area contributed by atoms with Crippen molar-refractivity contribution in [3.8, 4) is 28.6 Å². The van der Waals surface area contributed by atoms with Crippen LogP contribution in [0.3, 0.4) is 0 Å². The quantitative estimate of drug-likeness (QED) is 0.298. The Balaban J connectivity index is 1.77. The van der Waals surface area contributed by atoms with Gasteiger partial charge >= 0.3 is 6.18 Å². The standard InChI is InChI=1S/C24H20F3N3O2S/c1-31-18-13-11-17(12-14-18)30-22(19-8-4-6-10-21(19)32-2)28-29-23(30)33-15-16-7-3-5-9-20(16)24(25,26)27/h3-14H,15H2,1-2H3. The lowest BCUT2D eigenvalue weighted by Crippen LogP contribution is -2.08. The first-order chi connectivity index (χ1) is 15.9. The lowest BCUT2D eigenvalue weighted by atomic mass is 10.1. The maximum absolute atomic E-state index is 13.4. The highest BCUT2D eigenvalue weighted by Gasteiger charge is 2.33. The minimum Gasteiger partial charge on any atom is -0.497 e. The fourth-order valence-electron chi connectivity index (χ4n) is 3.40. The van der Waals surface area contributed by atoms with Crippen molar-refractivity contribution in [3.63, 3.8) is 0 Å². The molecule has 9 heteroatoms. The molecule has 0 aliphatic heterocycles. The number of hydrogen-bond donors (Lipinski definition) is 0. The van der Waals surface area contributed by atoms with E-state index in [1.165, 1.54) is 23.9 Å². The van der Waals surface area contributed by atoms with Crippen LogP contribution in [-0.4, -0.2) is 29.0 Å². The van der Waals surface area contributed by atoms with Crippen molar-refractivity contribution in [2.24, 2.45) is 0 Å². The summed E-state index contributed by atoms with van der Waals surface area (Å²) in [4.78, 5) is 0. The molecule has 0 saturated carbocycles. The number of para-hydroxylation sites is 1. The number of aromatic nitrogens is 3. The van der Waals surface area contributed by atoms with E-state index >= 15 is 0 Å². The molecule has 0 N–H and O–H groups in total. The summed E-state index contributed by atoms with van der Waals surface area (Å²) in [6.45, 7) is 0. The summed E-state index contributed by atoms with van der Waals surface area (Å²) in [5.41, 5.74) is 0.982. The fraction of sp³-hybridized carbons (Fsp3) is 0.167. The van der Waals surface area contributed by atoms with E-state index in [1.54, 1.807) is 37.0 Å². The van der Waals surface area contributed by atoms with Crippen LogP contribution in [-0.2, 0) is 11.9 Å². The van der Waals surface area contributed by atoms with Gasteiger partial charge in [0, 0.05) is 5.75 Å². The molecule has 5 nitrogen and oxygen atoms in total. The highest BCUT2D eigenvalue weighted by Crippen LogP contribution is 2.37. The highest BCUT2D eigenvalue weighted by atomic mass is 32.2. The minimum absolute atomic E-state index is 0.0793. The van der Waals surface area contributed by atoms with Gasteiger partial charge < -0.3 is 9.47 Å². The van der Waals surface area contributed by atoms with Crippen LogP contribution in [0.25, 0.3) is 17.1 Å². The van der Waals surface area contributed by atoms with E-state index < -0.39 is 11.7 Å². The van der Waals surface area contributed by atoms with E-state index in [0.29, 0.717) is 28.0 Å². The molecule has 33 heavy (non-hydrogen) atoms. The van der Waals surface area contributed by atoms with Crippen LogP contribution < -0.4 is 9.47 Å². The number of rotatable bonds is 7. The Morgan fingerprint density at radius 1 is 0.848 bits per heavy atom. The summed E-state index contributed by atoms with van der Waals surface area (Å²) in [5, 5.41) is 9.11. The van der Waals surface area contributed by atoms with Crippen molar-refractivity contribution < 1.29 is 22.6 Å². The first-order valence-electron chi connectivity index (χ1n) is 9.93. The Labute approximate surface area is 193 Å². The number of nitrogens with zero attached hydrogens (tertiary/aromatic N) is 3. The van der Waals surface area contributed by atoms with Gasteiger partial charge in [0.1, 0.15) is 11.5 Å². The Hall–Kier alpha value is -3.46. The SMILES string of the molecule is COc1ccc(-n2c(SCc3ccccc3C(F)(F)F)nnc2-c2ccccc2OC)cc1. The number of hydrogen-bond acceptors (Lipinski definition) is 5. The van der Waals surface area contributed by atoms with Crippen molar-refractivity contribution in [3.05, 3.63) is 83.9 Å². The van der Waals surface area contributed by atoms with Gasteiger partial charge in [0.15, 0.2) is 11.0 Å². The normalized spacial score (nSPS) is 11.4. The van der Waals surface area contributed by atoms with Crippen LogP contribution in [0.15, 0.2) is 78.0 Å². The van der Waals surface area contributed by atoms with Crippen LogP contribution in [0.2, 0.25) is 0 Å². The maximum Gasteiger partial charge on any atom is 0.416 e. The van der Waals surface area contributed by atoms with Gasteiger partial charge in [0.05, 0.1) is 31.0 Å². The van der Waals surface area contributed by atoms with Crippen LogP contribution in [0, 0.1) is 0 Å². The van der Waals surface area contributed by atoms with Gasteiger partial charge in [0.25, 0.3) is 0 Å². The first-order valence-corrected chi connectivity index (χ1v) is 10.9. The lowest BCUT2D eigenvalue weighted by molar-refractivity contribution is -0.138. The van der Waals surface area contributed by atoms with Gasteiger partial charge in [-0.3, -0.25) is 4.57 Å². The Kier molecular flexibility index (Phi) is 6.60. The molecule has 0 saturated heterocycles. The summed E-state index contributed by atoms with van der Waals surface area (Å²) < 4.78 is 52.8. The van der Waals surface area contributed by atoms with Crippen LogP contribution >= 0.6 is 11.8 Å². The van der Waals surface area contributed by atoms with Crippen molar-refractivity contribution in [1.29, 1.82) is 0 Å². The predicted octanol–water partition coefficient (Wildman–Crippen LogP) is 6.26. The van der Waals surface area contributed by atoms with E-state index in [1.807, 2.05) is 36.4 Å². The Morgan fingerprint density at radius 3 is 2.24 bits per heavy atom. The molecule has 4 rings (SSSR count). The van der Waals surface area contributed by atoms with Gasteiger partial charge in [0.2, 0.25) is 0 Å². The van der Waals surface area contributed by atoms with E-state index in [2.05, 4.69) is 10.2 Å². The van der Waals surface area contributed by atoms with Crippen molar-refractivity contribution in [1.82, 2.24) is 14.8 Å².